The Bertz CT molecular complexity index is 366. The molecular weight excluding hydrogens is 206 g/mol. The van der Waals surface area contributed by atoms with Crippen LogP contribution in [-0.2, 0) is 11.3 Å². The molecule has 0 aromatic carbocycles. The Balaban J connectivity index is 1.89. The third-order valence-electron chi connectivity index (χ3n) is 3.07. The zero-order valence-electron chi connectivity index (χ0n) is 9.66. The fourth-order valence-corrected chi connectivity index (χ4v) is 2.07. The molecule has 1 fully saturated rings. The van der Waals surface area contributed by atoms with Gasteiger partial charge in [-0.3, -0.25) is 0 Å². The van der Waals surface area contributed by atoms with E-state index < -0.39 is 5.97 Å². The second-order valence-corrected chi connectivity index (χ2v) is 4.42. The van der Waals surface area contributed by atoms with Gasteiger partial charge in [0.15, 0.2) is 0 Å². The van der Waals surface area contributed by atoms with Crippen molar-refractivity contribution in [1.82, 2.24) is 5.32 Å². The van der Waals surface area contributed by atoms with Crippen molar-refractivity contribution < 1.29 is 13.9 Å². The van der Waals surface area contributed by atoms with E-state index in [4.69, 9.17) is 4.42 Å². The van der Waals surface area contributed by atoms with Crippen LogP contribution in [0.25, 0.3) is 0 Å². The van der Waals surface area contributed by atoms with E-state index in [0.717, 1.165) is 11.5 Å². The van der Waals surface area contributed by atoms with Gasteiger partial charge in [-0.2, -0.15) is 0 Å². The Morgan fingerprint density at radius 1 is 1.62 bits per heavy atom. The van der Waals surface area contributed by atoms with Crippen molar-refractivity contribution in [3.05, 3.63) is 23.7 Å². The van der Waals surface area contributed by atoms with Crippen LogP contribution in [0.1, 0.15) is 35.9 Å². The van der Waals surface area contributed by atoms with Gasteiger partial charge in [-0.05, 0) is 24.8 Å². The quantitative estimate of drug-likeness (QED) is 0.793. The summed E-state index contributed by atoms with van der Waals surface area (Å²) < 4.78 is 9.75. The molecule has 1 aliphatic carbocycles. The van der Waals surface area contributed by atoms with Crippen molar-refractivity contribution in [1.29, 1.82) is 0 Å². The normalized spacial score (nSPS) is 23.9. The van der Waals surface area contributed by atoms with E-state index in [2.05, 4.69) is 17.0 Å². The van der Waals surface area contributed by atoms with Crippen LogP contribution in [-0.4, -0.2) is 19.1 Å². The Morgan fingerprint density at radius 2 is 2.38 bits per heavy atom. The molecule has 16 heavy (non-hydrogen) atoms. The van der Waals surface area contributed by atoms with Crippen LogP contribution in [0.15, 0.2) is 16.7 Å². The summed E-state index contributed by atoms with van der Waals surface area (Å²) in [4.78, 5) is 11.3. The van der Waals surface area contributed by atoms with Gasteiger partial charge >= 0.3 is 5.97 Å². The standard InChI is InChI=1S/C12H17NO3/c1-8-5-10(6-8)13-7-9-3-4-16-11(9)12(14)15-2/h3-4,8,10,13H,5-7H2,1-2H3. The fourth-order valence-electron chi connectivity index (χ4n) is 2.07. The number of carbonyl (C=O) groups excluding carboxylic acids is 1. The maximum Gasteiger partial charge on any atom is 0.374 e. The van der Waals surface area contributed by atoms with Gasteiger partial charge in [0.2, 0.25) is 5.76 Å². The Morgan fingerprint density at radius 3 is 3.00 bits per heavy atom. The lowest BCUT2D eigenvalue weighted by molar-refractivity contribution is 0.0563. The van der Waals surface area contributed by atoms with Crippen molar-refractivity contribution in [2.45, 2.75) is 32.4 Å². The molecule has 1 N–H and O–H groups in total. The average Bonchev–Trinajstić information content (AvgIpc) is 2.69. The number of hydrogen-bond donors (Lipinski definition) is 1. The summed E-state index contributed by atoms with van der Waals surface area (Å²) in [6.07, 6.45) is 3.95. The van der Waals surface area contributed by atoms with Crippen molar-refractivity contribution in [3.63, 3.8) is 0 Å². The lowest BCUT2D eigenvalue weighted by Gasteiger charge is -2.33. The molecule has 0 aliphatic heterocycles. The molecule has 4 nitrogen and oxygen atoms in total. The Kier molecular flexibility index (Phi) is 3.29. The van der Waals surface area contributed by atoms with E-state index in [1.807, 2.05) is 0 Å². The lowest BCUT2D eigenvalue weighted by atomic mass is 9.82. The summed E-state index contributed by atoms with van der Waals surface area (Å²) in [5.41, 5.74) is 0.867. The van der Waals surface area contributed by atoms with Gasteiger partial charge in [-0.25, -0.2) is 4.79 Å². The molecule has 0 amide bonds. The fraction of sp³-hybridized carbons (Fsp3) is 0.583. The van der Waals surface area contributed by atoms with Gasteiger partial charge < -0.3 is 14.5 Å². The zero-order chi connectivity index (χ0) is 11.5. The van der Waals surface area contributed by atoms with E-state index in [0.29, 0.717) is 18.3 Å². The van der Waals surface area contributed by atoms with Crippen molar-refractivity contribution >= 4 is 5.97 Å². The van der Waals surface area contributed by atoms with Gasteiger partial charge in [0, 0.05) is 18.2 Å². The molecule has 1 aliphatic rings. The second kappa shape index (κ2) is 4.70. The van der Waals surface area contributed by atoms with Gasteiger partial charge in [0.05, 0.1) is 13.4 Å². The maximum absolute atomic E-state index is 11.3. The first-order valence-electron chi connectivity index (χ1n) is 5.58. The third-order valence-corrected chi connectivity index (χ3v) is 3.07. The van der Waals surface area contributed by atoms with Gasteiger partial charge in [0.1, 0.15) is 0 Å². The summed E-state index contributed by atoms with van der Waals surface area (Å²) in [7, 11) is 1.36. The molecule has 1 saturated carbocycles. The molecular formula is C12H17NO3. The molecule has 88 valence electrons. The summed E-state index contributed by atoms with van der Waals surface area (Å²) in [6, 6.07) is 2.39. The first-order chi connectivity index (χ1) is 7.70. The van der Waals surface area contributed by atoms with E-state index in [1.54, 1.807) is 6.07 Å². The number of methoxy groups -OCH3 is 1. The minimum atomic E-state index is -0.413. The highest BCUT2D eigenvalue weighted by molar-refractivity contribution is 5.87. The summed E-state index contributed by atoms with van der Waals surface area (Å²) in [6.45, 7) is 2.91. The number of ether oxygens (including phenoxy) is 1. The summed E-state index contributed by atoms with van der Waals surface area (Å²) in [5, 5.41) is 3.40. The molecule has 0 saturated heterocycles. The molecule has 1 heterocycles. The zero-order valence-corrected chi connectivity index (χ0v) is 9.66. The molecule has 4 heteroatoms. The molecule has 1 aromatic heterocycles. The SMILES string of the molecule is COC(=O)c1occc1CNC1CC(C)C1. The number of nitrogens with one attached hydrogen (secondary N) is 1. The van der Waals surface area contributed by atoms with Crippen LogP contribution < -0.4 is 5.32 Å². The van der Waals surface area contributed by atoms with Crippen LogP contribution in [0.4, 0.5) is 0 Å². The predicted molar refractivity (Wildman–Crippen MR) is 59.1 cm³/mol. The van der Waals surface area contributed by atoms with Crippen LogP contribution in [0.2, 0.25) is 0 Å². The maximum atomic E-state index is 11.3. The van der Waals surface area contributed by atoms with Crippen LogP contribution >= 0.6 is 0 Å². The number of rotatable bonds is 4. The first kappa shape index (κ1) is 11.2. The molecule has 0 unspecified atom stereocenters. The number of esters is 1. The van der Waals surface area contributed by atoms with E-state index in [-0.39, 0.29) is 0 Å². The smallest absolute Gasteiger partial charge is 0.374 e. The summed E-state index contributed by atoms with van der Waals surface area (Å²) in [5.74, 6) is 0.716. The monoisotopic (exact) mass is 223 g/mol. The summed E-state index contributed by atoms with van der Waals surface area (Å²) >= 11 is 0. The van der Waals surface area contributed by atoms with E-state index >= 15 is 0 Å². The highest BCUT2D eigenvalue weighted by Gasteiger charge is 2.25. The predicted octanol–water partition coefficient (Wildman–Crippen LogP) is 1.95. The number of furan rings is 1. The molecule has 0 spiro atoms. The molecule has 0 atom stereocenters. The number of carbonyl (C=O) groups is 1. The highest BCUT2D eigenvalue weighted by atomic mass is 16.5. The number of hydrogen-bond acceptors (Lipinski definition) is 4. The second-order valence-electron chi connectivity index (χ2n) is 4.42. The Labute approximate surface area is 95.0 Å². The first-order valence-corrected chi connectivity index (χ1v) is 5.58. The Hall–Kier alpha value is -1.29. The molecule has 2 rings (SSSR count). The van der Waals surface area contributed by atoms with Gasteiger partial charge in [0.25, 0.3) is 0 Å². The van der Waals surface area contributed by atoms with Gasteiger partial charge in [-0.1, -0.05) is 6.92 Å². The molecule has 0 bridgehead atoms. The lowest BCUT2D eigenvalue weighted by Crippen LogP contribution is -2.39. The minimum absolute atomic E-state index is 0.308. The molecule has 0 radical (unpaired) electrons. The van der Waals surface area contributed by atoms with E-state index in [1.165, 1.54) is 26.2 Å². The van der Waals surface area contributed by atoms with E-state index in [9.17, 15) is 4.79 Å². The van der Waals surface area contributed by atoms with Crippen LogP contribution in [0.3, 0.4) is 0 Å². The largest absolute Gasteiger partial charge is 0.463 e. The molecule has 1 aromatic rings. The van der Waals surface area contributed by atoms with Crippen molar-refractivity contribution in [2.75, 3.05) is 7.11 Å². The highest BCUT2D eigenvalue weighted by Crippen LogP contribution is 2.26. The topological polar surface area (TPSA) is 51.5 Å². The van der Waals surface area contributed by atoms with Gasteiger partial charge in [-0.15, -0.1) is 0 Å². The third kappa shape index (κ3) is 2.27. The van der Waals surface area contributed by atoms with Crippen molar-refractivity contribution in [2.24, 2.45) is 5.92 Å². The van der Waals surface area contributed by atoms with Crippen molar-refractivity contribution in [3.8, 4) is 0 Å². The van der Waals surface area contributed by atoms with Crippen LogP contribution in [0, 0.1) is 5.92 Å². The average molecular weight is 223 g/mol. The minimum Gasteiger partial charge on any atom is -0.463 e. The van der Waals surface area contributed by atoms with Crippen LogP contribution in [0.5, 0.6) is 0 Å².